The minimum absolute atomic E-state index is 0.0372. The van der Waals surface area contributed by atoms with Crippen LogP contribution in [0.2, 0.25) is 0 Å². The fourth-order valence-corrected chi connectivity index (χ4v) is 8.06. The molecular weight excluding hydrogens is 340 g/mol. The highest BCUT2D eigenvalue weighted by Gasteiger charge is 2.66. The van der Waals surface area contributed by atoms with E-state index in [1.807, 2.05) is 0 Å². The largest absolute Gasteiger partial charge is 0.462 e. The van der Waals surface area contributed by atoms with Gasteiger partial charge in [0.1, 0.15) is 11.9 Å². The van der Waals surface area contributed by atoms with E-state index in [0.717, 1.165) is 44.9 Å². The molecule has 0 heterocycles. The summed E-state index contributed by atoms with van der Waals surface area (Å²) >= 11 is 0. The lowest BCUT2D eigenvalue weighted by Gasteiger charge is -2.62. The average Bonchev–Trinajstić information content (AvgIpc) is 2.87. The summed E-state index contributed by atoms with van der Waals surface area (Å²) in [6.07, 6.45) is 7.20. The first-order valence-electron chi connectivity index (χ1n) is 11.1. The molecule has 1 N–H and O–H groups in total. The highest BCUT2D eigenvalue weighted by atomic mass is 16.5. The van der Waals surface area contributed by atoms with E-state index in [0.29, 0.717) is 35.9 Å². The first-order valence-corrected chi connectivity index (χ1v) is 11.1. The number of aliphatic hydroxyl groups excluding tert-OH is 1. The van der Waals surface area contributed by atoms with Gasteiger partial charge in [-0.05, 0) is 67.6 Å². The number of aliphatic hydroxyl groups is 1. The topological polar surface area (TPSA) is 63.6 Å². The van der Waals surface area contributed by atoms with E-state index in [1.165, 1.54) is 6.92 Å². The van der Waals surface area contributed by atoms with Crippen LogP contribution in [0.15, 0.2) is 0 Å². The fourth-order valence-electron chi connectivity index (χ4n) is 8.06. The van der Waals surface area contributed by atoms with Crippen molar-refractivity contribution in [3.05, 3.63) is 0 Å². The molecule has 0 spiro atoms. The van der Waals surface area contributed by atoms with E-state index in [4.69, 9.17) is 4.74 Å². The van der Waals surface area contributed by atoms with Crippen LogP contribution >= 0.6 is 0 Å². The monoisotopic (exact) mass is 376 g/mol. The van der Waals surface area contributed by atoms with E-state index < -0.39 is 0 Å². The van der Waals surface area contributed by atoms with Crippen LogP contribution < -0.4 is 0 Å². The Morgan fingerprint density at radius 1 is 1.22 bits per heavy atom. The van der Waals surface area contributed by atoms with Gasteiger partial charge in [-0.2, -0.15) is 0 Å². The number of esters is 1. The van der Waals surface area contributed by atoms with Crippen molar-refractivity contribution in [1.29, 1.82) is 0 Å². The van der Waals surface area contributed by atoms with Crippen molar-refractivity contribution in [2.75, 3.05) is 0 Å². The van der Waals surface area contributed by atoms with Crippen LogP contribution in [-0.4, -0.2) is 29.1 Å². The molecule has 3 unspecified atom stereocenters. The summed E-state index contributed by atoms with van der Waals surface area (Å²) in [6, 6.07) is 0. The maximum atomic E-state index is 13.2. The quantitative estimate of drug-likeness (QED) is 0.736. The number of fused-ring (bicyclic) bond motifs is 5. The number of carbonyl (C=O) groups is 2. The maximum absolute atomic E-state index is 13.2. The number of Topliss-reactive ketones (excluding diaryl/α,β-unsaturated/α-hetero) is 1. The zero-order chi connectivity index (χ0) is 19.6. The molecule has 0 bridgehead atoms. The maximum Gasteiger partial charge on any atom is 0.302 e. The number of carbonyl (C=O) groups excluding carboxylic acids is 2. The molecule has 4 saturated carbocycles. The SMILES string of the molecule is CC[C@H]1CC(=O)[C@H]2[C@@H]3CCC4CC(O)CC[C@]4(C)[C@H]3CC(OC(C)=O)[C@]12C. The van der Waals surface area contributed by atoms with Gasteiger partial charge in [0.05, 0.1) is 6.10 Å². The molecule has 152 valence electrons. The standard InChI is InChI=1S/C23H36O4/c1-5-14-11-19(26)21-17-7-6-15-10-16(25)8-9-22(15,3)18(17)12-20(23(14,21)4)27-13(2)24/h14-18,20-21,25H,5-12H2,1-4H3/t14-,15?,16?,17+,18-,20?,21+,22-,23-/m0/s1. The molecule has 27 heavy (non-hydrogen) atoms. The number of rotatable bonds is 2. The van der Waals surface area contributed by atoms with E-state index >= 15 is 0 Å². The molecule has 4 heteroatoms. The van der Waals surface area contributed by atoms with Crippen molar-refractivity contribution < 1.29 is 19.4 Å². The molecule has 9 atom stereocenters. The molecule has 4 aliphatic carbocycles. The van der Waals surface area contributed by atoms with Crippen molar-refractivity contribution in [3.63, 3.8) is 0 Å². The highest BCUT2D eigenvalue weighted by Crippen LogP contribution is 2.67. The molecule has 0 amide bonds. The van der Waals surface area contributed by atoms with Crippen molar-refractivity contribution in [1.82, 2.24) is 0 Å². The van der Waals surface area contributed by atoms with Gasteiger partial charge in [-0.3, -0.25) is 9.59 Å². The van der Waals surface area contributed by atoms with E-state index in [2.05, 4.69) is 20.8 Å². The fraction of sp³-hybridized carbons (Fsp3) is 0.913. The Morgan fingerprint density at radius 3 is 2.63 bits per heavy atom. The van der Waals surface area contributed by atoms with Crippen molar-refractivity contribution in [3.8, 4) is 0 Å². The Bertz CT molecular complexity index is 630. The summed E-state index contributed by atoms with van der Waals surface area (Å²) in [7, 11) is 0. The van der Waals surface area contributed by atoms with Crippen LogP contribution in [0.5, 0.6) is 0 Å². The lowest BCUT2D eigenvalue weighted by atomic mass is 9.44. The third-order valence-electron chi connectivity index (χ3n) is 9.45. The molecule has 0 aromatic carbocycles. The summed E-state index contributed by atoms with van der Waals surface area (Å²) in [4.78, 5) is 25.1. The van der Waals surface area contributed by atoms with Crippen molar-refractivity contribution >= 4 is 11.8 Å². The first-order chi connectivity index (χ1) is 12.7. The average molecular weight is 377 g/mol. The second-order valence-electron chi connectivity index (χ2n) is 10.4. The number of hydrogen-bond acceptors (Lipinski definition) is 4. The summed E-state index contributed by atoms with van der Waals surface area (Å²) in [5.41, 5.74) is -0.0531. The van der Waals surface area contributed by atoms with E-state index in [-0.39, 0.29) is 34.9 Å². The van der Waals surface area contributed by atoms with Crippen LogP contribution in [0.1, 0.15) is 79.1 Å². The highest BCUT2D eigenvalue weighted by molar-refractivity contribution is 5.85. The molecule has 0 aromatic rings. The zero-order valence-corrected chi connectivity index (χ0v) is 17.4. The minimum atomic E-state index is -0.218. The Balaban J connectivity index is 1.74. The number of ketones is 1. The molecule has 4 nitrogen and oxygen atoms in total. The Morgan fingerprint density at radius 2 is 1.96 bits per heavy atom. The van der Waals surface area contributed by atoms with Gasteiger partial charge in [0.2, 0.25) is 0 Å². The van der Waals surface area contributed by atoms with Crippen LogP contribution in [-0.2, 0) is 14.3 Å². The summed E-state index contributed by atoms with van der Waals surface area (Å²) in [5, 5.41) is 10.2. The molecule has 0 radical (unpaired) electrons. The summed E-state index contributed by atoms with van der Waals surface area (Å²) < 4.78 is 5.94. The van der Waals surface area contributed by atoms with Crippen LogP contribution in [0, 0.1) is 40.4 Å². The molecule has 4 aliphatic rings. The second kappa shape index (κ2) is 6.57. The minimum Gasteiger partial charge on any atom is -0.462 e. The molecule has 4 fully saturated rings. The molecule has 4 rings (SSSR count). The Hall–Kier alpha value is -0.900. The molecule has 0 saturated heterocycles. The lowest BCUT2D eigenvalue weighted by Crippen LogP contribution is -2.60. The van der Waals surface area contributed by atoms with Gasteiger partial charge in [-0.15, -0.1) is 0 Å². The van der Waals surface area contributed by atoms with Gasteiger partial charge in [0.15, 0.2) is 0 Å². The predicted molar refractivity (Wildman–Crippen MR) is 103 cm³/mol. The third kappa shape index (κ3) is 2.73. The van der Waals surface area contributed by atoms with Crippen LogP contribution in [0.3, 0.4) is 0 Å². The number of hydrogen-bond donors (Lipinski definition) is 1. The van der Waals surface area contributed by atoms with Gasteiger partial charge < -0.3 is 9.84 Å². The van der Waals surface area contributed by atoms with Gasteiger partial charge >= 0.3 is 5.97 Å². The zero-order valence-electron chi connectivity index (χ0n) is 17.4. The summed E-state index contributed by atoms with van der Waals surface area (Å²) in [5.74, 6) is 1.92. The first kappa shape index (κ1) is 19.4. The van der Waals surface area contributed by atoms with Gasteiger partial charge in [0.25, 0.3) is 0 Å². The number of ether oxygens (including phenoxy) is 1. The smallest absolute Gasteiger partial charge is 0.302 e. The van der Waals surface area contributed by atoms with Gasteiger partial charge in [-0.1, -0.05) is 27.2 Å². The Labute approximate surface area is 163 Å². The van der Waals surface area contributed by atoms with E-state index in [9.17, 15) is 14.7 Å². The van der Waals surface area contributed by atoms with Crippen molar-refractivity contribution in [2.45, 2.75) is 91.3 Å². The van der Waals surface area contributed by atoms with Gasteiger partial charge in [-0.25, -0.2) is 0 Å². The Kier molecular flexibility index (Phi) is 4.73. The molecule has 0 aromatic heterocycles. The van der Waals surface area contributed by atoms with Crippen molar-refractivity contribution in [2.24, 2.45) is 40.4 Å². The molecule has 0 aliphatic heterocycles. The summed E-state index contributed by atoms with van der Waals surface area (Å²) in [6.45, 7) is 8.30. The lowest BCUT2D eigenvalue weighted by molar-refractivity contribution is -0.194. The third-order valence-corrected chi connectivity index (χ3v) is 9.45. The normalized spacial score (nSPS) is 51.9. The van der Waals surface area contributed by atoms with E-state index in [1.54, 1.807) is 0 Å². The second-order valence-corrected chi connectivity index (χ2v) is 10.4. The van der Waals surface area contributed by atoms with Crippen LogP contribution in [0.4, 0.5) is 0 Å². The predicted octanol–water partition coefficient (Wildman–Crippen LogP) is 4.14. The van der Waals surface area contributed by atoms with Crippen LogP contribution in [0.25, 0.3) is 0 Å². The van der Waals surface area contributed by atoms with Gasteiger partial charge in [0, 0.05) is 24.7 Å². The molecular formula is C23H36O4.